The van der Waals surface area contributed by atoms with Gasteiger partial charge in [0.1, 0.15) is 17.5 Å². The Bertz CT molecular complexity index is 813. The molecule has 3 rings (SSSR count). The molecule has 1 aromatic carbocycles. The maximum Gasteiger partial charge on any atom is 0.333 e. The molecule has 0 radical (unpaired) electrons. The first-order valence-electron chi connectivity index (χ1n) is 7.78. The molecule has 2 heterocycles. The summed E-state index contributed by atoms with van der Waals surface area (Å²) >= 11 is 0. The minimum atomic E-state index is -0.431. The highest BCUT2D eigenvalue weighted by atomic mass is 16.6. The van der Waals surface area contributed by atoms with Gasteiger partial charge in [-0.25, -0.2) is 4.68 Å². The number of nitro groups is 1. The third kappa shape index (κ3) is 3.39. The van der Waals surface area contributed by atoms with Crippen LogP contribution in [0.2, 0.25) is 0 Å². The summed E-state index contributed by atoms with van der Waals surface area (Å²) in [4.78, 5) is 16.2. The summed E-state index contributed by atoms with van der Waals surface area (Å²) in [5.74, 6) is 1.14. The van der Waals surface area contributed by atoms with Crippen LogP contribution in [0, 0.1) is 17.0 Å². The summed E-state index contributed by atoms with van der Waals surface area (Å²) in [5.41, 5.74) is 2.16. The zero-order valence-corrected chi connectivity index (χ0v) is 14.2. The Labute approximate surface area is 144 Å². The van der Waals surface area contributed by atoms with Crippen molar-refractivity contribution >= 4 is 17.2 Å². The minimum absolute atomic E-state index is 0.0169. The Balaban J connectivity index is 1.62. The van der Waals surface area contributed by atoms with Gasteiger partial charge in [0.15, 0.2) is 0 Å². The summed E-state index contributed by atoms with van der Waals surface area (Å²) in [6.45, 7) is 2.00. The fourth-order valence-corrected chi connectivity index (χ4v) is 2.77. The fourth-order valence-electron chi connectivity index (χ4n) is 2.77. The molecule has 1 aliphatic rings. The number of rotatable bonds is 6. The van der Waals surface area contributed by atoms with Gasteiger partial charge in [0.25, 0.3) is 0 Å². The molecule has 25 heavy (non-hydrogen) atoms. The van der Waals surface area contributed by atoms with E-state index in [-0.39, 0.29) is 11.8 Å². The maximum atomic E-state index is 11.2. The minimum Gasteiger partial charge on any atom is -0.497 e. The van der Waals surface area contributed by atoms with E-state index in [0.29, 0.717) is 24.5 Å². The summed E-state index contributed by atoms with van der Waals surface area (Å²) in [7, 11) is 3.28. The smallest absolute Gasteiger partial charge is 0.333 e. The van der Waals surface area contributed by atoms with Crippen molar-refractivity contribution in [2.45, 2.75) is 19.4 Å². The van der Waals surface area contributed by atoms with Crippen molar-refractivity contribution in [3.63, 3.8) is 0 Å². The first-order valence-corrected chi connectivity index (χ1v) is 7.78. The van der Waals surface area contributed by atoms with E-state index in [9.17, 15) is 10.1 Å². The van der Waals surface area contributed by atoms with Crippen molar-refractivity contribution < 1.29 is 14.5 Å². The molecule has 1 aliphatic heterocycles. The van der Waals surface area contributed by atoms with Gasteiger partial charge in [-0.2, -0.15) is 5.10 Å². The molecule has 0 amide bonds. The zero-order valence-electron chi connectivity index (χ0n) is 14.2. The van der Waals surface area contributed by atoms with E-state index in [1.54, 1.807) is 21.1 Å². The number of benzene rings is 1. The van der Waals surface area contributed by atoms with E-state index in [0.717, 1.165) is 17.0 Å². The van der Waals surface area contributed by atoms with E-state index in [4.69, 9.17) is 9.57 Å². The zero-order chi connectivity index (χ0) is 18.0. The highest BCUT2D eigenvalue weighted by molar-refractivity contribution is 6.01. The van der Waals surface area contributed by atoms with E-state index in [1.807, 2.05) is 24.3 Å². The molecule has 132 valence electrons. The number of ether oxygens (including phenoxy) is 1. The SMILES string of the molecule is COc1ccc(C2=NOC(CNc3c([N+](=O)[O-])c(C)nn3C)C2)cc1. The summed E-state index contributed by atoms with van der Waals surface area (Å²) in [5, 5.41) is 22.5. The van der Waals surface area contributed by atoms with Crippen LogP contribution in [-0.2, 0) is 11.9 Å². The monoisotopic (exact) mass is 345 g/mol. The lowest BCUT2D eigenvalue weighted by Crippen LogP contribution is -2.21. The highest BCUT2D eigenvalue weighted by Gasteiger charge is 2.27. The molecular formula is C16H19N5O4. The van der Waals surface area contributed by atoms with Crippen LogP contribution < -0.4 is 10.1 Å². The van der Waals surface area contributed by atoms with Crippen LogP contribution in [0.5, 0.6) is 5.75 Å². The van der Waals surface area contributed by atoms with Crippen molar-refractivity contribution in [3.05, 3.63) is 45.6 Å². The molecule has 0 saturated heterocycles. The second-order valence-electron chi connectivity index (χ2n) is 5.74. The predicted octanol–water partition coefficient (Wildman–Crippen LogP) is 2.25. The lowest BCUT2D eigenvalue weighted by atomic mass is 10.0. The van der Waals surface area contributed by atoms with Gasteiger partial charge in [0.05, 0.1) is 24.3 Å². The molecule has 1 atom stereocenters. The predicted molar refractivity (Wildman–Crippen MR) is 92.1 cm³/mol. The van der Waals surface area contributed by atoms with Crippen LogP contribution >= 0.6 is 0 Å². The molecule has 1 aromatic heterocycles. The number of hydrogen-bond acceptors (Lipinski definition) is 7. The van der Waals surface area contributed by atoms with Gasteiger partial charge in [-0.15, -0.1) is 0 Å². The molecule has 9 heteroatoms. The van der Waals surface area contributed by atoms with Gasteiger partial charge in [0, 0.05) is 13.5 Å². The molecule has 1 unspecified atom stereocenters. The average molecular weight is 345 g/mol. The molecule has 0 spiro atoms. The Morgan fingerprint density at radius 1 is 1.44 bits per heavy atom. The summed E-state index contributed by atoms with van der Waals surface area (Å²) in [6, 6.07) is 7.58. The van der Waals surface area contributed by atoms with Gasteiger partial charge >= 0.3 is 5.69 Å². The Morgan fingerprint density at radius 3 is 2.80 bits per heavy atom. The normalized spacial score (nSPS) is 16.3. The van der Waals surface area contributed by atoms with Crippen molar-refractivity contribution in [1.29, 1.82) is 0 Å². The molecule has 9 nitrogen and oxygen atoms in total. The average Bonchev–Trinajstić information content (AvgIpc) is 3.17. The van der Waals surface area contributed by atoms with Gasteiger partial charge in [0.2, 0.25) is 5.82 Å². The highest BCUT2D eigenvalue weighted by Crippen LogP contribution is 2.28. The molecule has 0 fully saturated rings. The van der Waals surface area contributed by atoms with Crippen molar-refractivity contribution in [2.75, 3.05) is 19.0 Å². The standard InChI is InChI=1S/C16H19N5O4/c1-10-15(21(22)23)16(20(2)18-10)17-9-13-8-14(19-25-13)11-4-6-12(24-3)7-5-11/h4-7,13,17H,8-9H2,1-3H3. The van der Waals surface area contributed by atoms with Crippen molar-refractivity contribution in [2.24, 2.45) is 12.2 Å². The number of anilines is 1. The number of oxime groups is 1. The third-order valence-corrected chi connectivity index (χ3v) is 4.03. The van der Waals surface area contributed by atoms with Crippen molar-refractivity contribution in [1.82, 2.24) is 9.78 Å². The molecule has 1 N–H and O–H groups in total. The fraction of sp³-hybridized carbons (Fsp3) is 0.375. The second-order valence-corrected chi connectivity index (χ2v) is 5.74. The summed E-state index contributed by atoms with van der Waals surface area (Å²) < 4.78 is 6.61. The number of hydrogen-bond donors (Lipinski definition) is 1. The molecule has 0 saturated carbocycles. The first-order chi connectivity index (χ1) is 12.0. The third-order valence-electron chi connectivity index (χ3n) is 4.03. The largest absolute Gasteiger partial charge is 0.497 e. The van der Waals surface area contributed by atoms with Gasteiger partial charge in [-0.1, -0.05) is 5.16 Å². The van der Waals surface area contributed by atoms with Crippen LogP contribution in [0.4, 0.5) is 11.5 Å². The second kappa shape index (κ2) is 6.80. The van der Waals surface area contributed by atoms with Crippen LogP contribution in [0.3, 0.4) is 0 Å². The van der Waals surface area contributed by atoms with Gasteiger partial charge in [-0.3, -0.25) is 10.1 Å². The summed E-state index contributed by atoms with van der Waals surface area (Å²) in [6.07, 6.45) is 0.413. The van der Waals surface area contributed by atoms with Crippen LogP contribution in [0.15, 0.2) is 29.4 Å². The van der Waals surface area contributed by atoms with Crippen LogP contribution in [-0.4, -0.2) is 40.2 Å². The number of aromatic nitrogens is 2. The molecule has 0 aliphatic carbocycles. The lowest BCUT2D eigenvalue weighted by molar-refractivity contribution is -0.384. The number of methoxy groups -OCH3 is 1. The van der Waals surface area contributed by atoms with Crippen molar-refractivity contribution in [3.8, 4) is 5.75 Å². The quantitative estimate of drug-likeness (QED) is 0.636. The molecular weight excluding hydrogens is 326 g/mol. The molecule has 0 bridgehead atoms. The van der Waals surface area contributed by atoms with Crippen LogP contribution in [0.1, 0.15) is 17.7 Å². The molecule has 2 aromatic rings. The maximum absolute atomic E-state index is 11.2. The number of nitrogens with zero attached hydrogens (tertiary/aromatic N) is 4. The van der Waals surface area contributed by atoms with Crippen LogP contribution in [0.25, 0.3) is 0 Å². The lowest BCUT2D eigenvalue weighted by Gasteiger charge is -2.10. The topological polar surface area (TPSA) is 104 Å². The van der Waals surface area contributed by atoms with E-state index in [2.05, 4.69) is 15.6 Å². The Morgan fingerprint density at radius 2 is 2.16 bits per heavy atom. The van der Waals surface area contributed by atoms with Gasteiger partial charge in [-0.05, 0) is 36.8 Å². The Hall–Kier alpha value is -3.10. The van der Waals surface area contributed by atoms with E-state index < -0.39 is 4.92 Å². The first kappa shape index (κ1) is 16.7. The van der Waals surface area contributed by atoms with E-state index >= 15 is 0 Å². The number of nitrogens with one attached hydrogen (secondary N) is 1. The van der Waals surface area contributed by atoms with Gasteiger partial charge < -0.3 is 14.9 Å². The Kier molecular flexibility index (Phi) is 4.55. The van der Waals surface area contributed by atoms with E-state index in [1.165, 1.54) is 4.68 Å². The number of aryl methyl sites for hydroxylation is 2.